The van der Waals surface area contributed by atoms with E-state index < -0.39 is 34.0 Å². The second kappa shape index (κ2) is 7.51. The molecule has 1 aromatic heterocycles. The van der Waals surface area contributed by atoms with Crippen molar-refractivity contribution < 1.29 is 22.7 Å². The number of carbonyl (C=O) groups excluding carboxylic acids is 2. The van der Waals surface area contributed by atoms with Gasteiger partial charge in [0, 0.05) is 18.3 Å². The van der Waals surface area contributed by atoms with E-state index in [2.05, 4.69) is 20.3 Å². The number of sulfonamides is 1. The first-order valence-electron chi connectivity index (χ1n) is 7.78. The van der Waals surface area contributed by atoms with Crippen molar-refractivity contribution in [3.05, 3.63) is 47.6 Å². The molecule has 0 spiro atoms. The molecule has 1 aliphatic rings. The predicted octanol–water partition coefficient (Wildman–Crippen LogP) is 1.40. The number of pyridine rings is 1. The second-order valence-electron chi connectivity index (χ2n) is 5.74. The Morgan fingerprint density at radius 1 is 1.19 bits per heavy atom. The van der Waals surface area contributed by atoms with Crippen molar-refractivity contribution >= 4 is 33.6 Å². The number of aromatic nitrogens is 1. The highest BCUT2D eigenvalue weighted by Crippen LogP contribution is 2.22. The van der Waals surface area contributed by atoms with E-state index in [1.54, 1.807) is 12.1 Å². The van der Waals surface area contributed by atoms with Gasteiger partial charge in [-0.25, -0.2) is 22.9 Å². The summed E-state index contributed by atoms with van der Waals surface area (Å²) in [6.07, 6.45) is 1.43. The molecule has 0 bridgehead atoms. The first-order valence-corrected chi connectivity index (χ1v) is 9.64. The van der Waals surface area contributed by atoms with E-state index in [9.17, 15) is 18.0 Å². The molecule has 3 amide bonds. The smallest absolute Gasteiger partial charge is 0.322 e. The van der Waals surface area contributed by atoms with Crippen LogP contribution in [0.2, 0.25) is 5.02 Å². The Morgan fingerprint density at radius 2 is 1.89 bits per heavy atom. The Hall–Kier alpha value is -2.69. The molecule has 27 heavy (non-hydrogen) atoms. The molecule has 9 nitrogen and oxygen atoms in total. The monoisotopic (exact) mass is 410 g/mol. The summed E-state index contributed by atoms with van der Waals surface area (Å²) in [5, 5.41) is 4.88. The zero-order chi connectivity index (χ0) is 19.6. The molecule has 0 aliphatic carbocycles. The zero-order valence-electron chi connectivity index (χ0n) is 14.0. The Bertz CT molecular complexity index is 963. The quantitative estimate of drug-likeness (QED) is 0.618. The molecule has 3 N–H and O–H groups in total. The van der Waals surface area contributed by atoms with Crippen molar-refractivity contribution in [3.8, 4) is 11.6 Å². The molecule has 0 unspecified atom stereocenters. The Labute approximate surface area is 160 Å². The van der Waals surface area contributed by atoms with E-state index in [0.717, 1.165) is 0 Å². The Balaban J connectivity index is 1.68. The molecule has 1 aliphatic heterocycles. The summed E-state index contributed by atoms with van der Waals surface area (Å²) in [6, 6.07) is 6.37. The standard InChI is InChI=1S/C16H15ClN4O5S/c1-9(14-15(22)20-16(23)19-14)21-27(24,25)12-5-3-11(4-6-12)26-13-7-2-10(17)8-18-13/h2-9,14,21H,1H3,(H2,19,20,22,23)/t9-,14+/m1/s1. The molecular weight excluding hydrogens is 396 g/mol. The topological polar surface area (TPSA) is 126 Å². The number of benzene rings is 1. The molecule has 2 atom stereocenters. The zero-order valence-corrected chi connectivity index (χ0v) is 15.5. The van der Waals surface area contributed by atoms with Crippen LogP contribution in [0.1, 0.15) is 6.92 Å². The molecule has 142 valence electrons. The van der Waals surface area contributed by atoms with Gasteiger partial charge < -0.3 is 10.1 Å². The maximum atomic E-state index is 12.5. The summed E-state index contributed by atoms with van der Waals surface area (Å²) in [4.78, 5) is 26.8. The van der Waals surface area contributed by atoms with Crippen molar-refractivity contribution in [2.24, 2.45) is 0 Å². The van der Waals surface area contributed by atoms with Gasteiger partial charge in [-0.3, -0.25) is 10.1 Å². The molecule has 1 fully saturated rings. The van der Waals surface area contributed by atoms with Crippen LogP contribution < -0.4 is 20.1 Å². The number of imide groups is 1. The highest BCUT2D eigenvalue weighted by molar-refractivity contribution is 7.89. The highest BCUT2D eigenvalue weighted by Gasteiger charge is 2.36. The maximum absolute atomic E-state index is 12.5. The fourth-order valence-corrected chi connectivity index (χ4v) is 3.76. The fourth-order valence-electron chi connectivity index (χ4n) is 2.40. The third kappa shape index (κ3) is 4.54. The SMILES string of the molecule is C[C@@H](NS(=O)(=O)c1ccc(Oc2ccc(Cl)cn2)cc1)[C@@H]1NC(=O)NC1=O. The maximum Gasteiger partial charge on any atom is 0.322 e. The minimum absolute atomic E-state index is 0.0181. The number of nitrogens with one attached hydrogen (secondary N) is 3. The summed E-state index contributed by atoms with van der Waals surface area (Å²) in [6.45, 7) is 1.48. The number of ether oxygens (including phenoxy) is 1. The minimum atomic E-state index is -3.90. The van der Waals surface area contributed by atoms with E-state index in [1.165, 1.54) is 37.4 Å². The number of rotatable bonds is 6. The van der Waals surface area contributed by atoms with Crippen LogP contribution in [0.4, 0.5) is 4.79 Å². The van der Waals surface area contributed by atoms with Crippen molar-refractivity contribution in [1.29, 1.82) is 0 Å². The molecule has 2 aromatic rings. The third-order valence-electron chi connectivity index (χ3n) is 3.70. The first kappa shape index (κ1) is 19.1. The average molecular weight is 411 g/mol. The van der Waals surface area contributed by atoms with Crippen molar-refractivity contribution in [2.75, 3.05) is 0 Å². The lowest BCUT2D eigenvalue weighted by atomic mass is 10.1. The summed E-state index contributed by atoms with van der Waals surface area (Å²) in [5.41, 5.74) is 0. The van der Waals surface area contributed by atoms with Crippen LogP contribution in [-0.2, 0) is 14.8 Å². The van der Waals surface area contributed by atoms with Gasteiger partial charge in [-0.2, -0.15) is 0 Å². The minimum Gasteiger partial charge on any atom is -0.439 e. The van der Waals surface area contributed by atoms with Crippen LogP contribution in [0.25, 0.3) is 0 Å². The second-order valence-corrected chi connectivity index (χ2v) is 7.89. The van der Waals surface area contributed by atoms with Crippen LogP contribution in [0.3, 0.4) is 0 Å². The van der Waals surface area contributed by atoms with Crippen LogP contribution in [0, 0.1) is 0 Å². The Morgan fingerprint density at radius 3 is 2.44 bits per heavy atom. The largest absolute Gasteiger partial charge is 0.439 e. The summed E-state index contributed by atoms with van der Waals surface area (Å²) < 4.78 is 32.8. The van der Waals surface area contributed by atoms with Crippen LogP contribution in [-0.4, -0.2) is 37.4 Å². The van der Waals surface area contributed by atoms with Gasteiger partial charge in [-0.15, -0.1) is 0 Å². The van der Waals surface area contributed by atoms with Gasteiger partial charge in [0.05, 0.1) is 9.92 Å². The van der Waals surface area contributed by atoms with Gasteiger partial charge in [-0.05, 0) is 37.3 Å². The van der Waals surface area contributed by atoms with Gasteiger partial charge >= 0.3 is 6.03 Å². The summed E-state index contributed by atoms with van der Waals surface area (Å²) in [5.74, 6) is 0.110. The van der Waals surface area contributed by atoms with Crippen LogP contribution >= 0.6 is 11.6 Å². The van der Waals surface area contributed by atoms with Crippen molar-refractivity contribution in [2.45, 2.75) is 23.9 Å². The molecule has 2 heterocycles. The highest BCUT2D eigenvalue weighted by atomic mass is 35.5. The first-order chi connectivity index (χ1) is 12.7. The molecule has 3 rings (SSSR count). The number of hydrogen-bond acceptors (Lipinski definition) is 6. The molecule has 1 aromatic carbocycles. The molecule has 0 radical (unpaired) electrons. The van der Waals surface area contributed by atoms with Gasteiger partial charge in [0.15, 0.2) is 0 Å². The molecular formula is C16H15ClN4O5S. The molecule has 1 saturated heterocycles. The number of urea groups is 1. The van der Waals surface area contributed by atoms with Crippen molar-refractivity contribution in [3.63, 3.8) is 0 Å². The number of amides is 3. The van der Waals surface area contributed by atoms with Gasteiger partial charge in [0.1, 0.15) is 11.8 Å². The molecule has 0 saturated carbocycles. The van der Waals surface area contributed by atoms with Crippen LogP contribution in [0.5, 0.6) is 11.6 Å². The third-order valence-corrected chi connectivity index (χ3v) is 5.50. The van der Waals surface area contributed by atoms with Gasteiger partial charge in [0.25, 0.3) is 5.91 Å². The van der Waals surface area contributed by atoms with E-state index in [4.69, 9.17) is 16.3 Å². The average Bonchev–Trinajstić information content (AvgIpc) is 2.95. The van der Waals surface area contributed by atoms with Crippen LogP contribution in [0.15, 0.2) is 47.5 Å². The lowest BCUT2D eigenvalue weighted by Crippen LogP contribution is -2.49. The number of hydrogen-bond donors (Lipinski definition) is 3. The summed E-state index contributed by atoms with van der Waals surface area (Å²) >= 11 is 5.75. The number of nitrogens with zero attached hydrogens (tertiary/aromatic N) is 1. The van der Waals surface area contributed by atoms with Gasteiger partial charge in [0.2, 0.25) is 15.9 Å². The summed E-state index contributed by atoms with van der Waals surface area (Å²) in [7, 11) is -3.90. The number of carbonyl (C=O) groups is 2. The van der Waals surface area contributed by atoms with E-state index >= 15 is 0 Å². The predicted molar refractivity (Wildman–Crippen MR) is 96.0 cm³/mol. The Kier molecular flexibility index (Phi) is 5.31. The number of halogens is 1. The van der Waals surface area contributed by atoms with E-state index in [0.29, 0.717) is 16.7 Å². The lowest BCUT2D eigenvalue weighted by Gasteiger charge is -2.18. The van der Waals surface area contributed by atoms with E-state index in [-0.39, 0.29) is 4.90 Å². The normalized spacial score (nSPS) is 17.9. The fraction of sp³-hybridized carbons (Fsp3) is 0.188. The van der Waals surface area contributed by atoms with Gasteiger partial charge in [-0.1, -0.05) is 11.6 Å². The van der Waals surface area contributed by atoms with Crippen molar-refractivity contribution in [1.82, 2.24) is 20.3 Å². The lowest BCUT2D eigenvalue weighted by molar-refractivity contribution is -0.120. The van der Waals surface area contributed by atoms with E-state index in [1.807, 2.05) is 0 Å². The molecule has 11 heteroatoms.